The molecule has 3 nitrogen and oxygen atoms in total. The van der Waals surface area contributed by atoms with Gasteiger partial charge in [0.1, 0.15) is 0 Å². The van der Waals surface area contributed by atoms with Gasteiger partial charge in [-0.15, -0.1) is 0 Å². The Morgan fingerprint density at radius 1 is 1.25 bits per heavy atom. The number of benzene rings is 2. The fourth-order valence-corrected chi connectivity index (χ4v) is 4.25. The maximum absolute atomic E-state index is 12.9. The third kappa shape index (κ3) is 2.93. The van der Waals surface area contributed by atoms with E-state index in [-0.39, 0.29) is 18.1 Å². The van der Waals surface area contributed by atoms with Crippen LogP contribution in [0.25, 0.3) is 10.8 Å². The van der Waals surface area contributed by atoms with Crippen LogP contribution in [0, 0.1) is 5.92 Å². The molecule has 1 aliphatic heterocycles. The number of nitrogens with zero attached hydrogens (tertiary/aromatic N) is 1. The fraction of sp³-hybridized carbons (Fsp3) is 0.476. The van der Waals surface area contributed by atoms with E-state index in [1.165, 1.54) is 16.3 Å². The topological polar surface area (TPSA) is 40.5 Å². The highest BCUT2D eigenvalue weighted by atomic mass is 16.3. The van der Waals surface area contributed by atoms with Gasteiger partial charge in [-0.1, -0.05) is 42.5 Å². The van der Waals surface area contributed by atoms with E-state index in [0.29, 0.717) is 18.2 Å². The number of hydrogen-bond acceptors (Lipinski definition) is 2. The van der Waals surface area contributed by atoms with E-state index in [1.54, 1.807) is 0 Å². The molecule has 4 atom stereocenters. The van der Waals surface area contributed by atoms with Crippen molar-refractivity contribution in [3.05, 3.63) is 48.0 Å². The van der Waals surface area contributed by atoms with E-state index in [0.717, 1.165) is 25.8 Å². The van der Waals surface area contributed by atoms with E-state index in [4.69, 9.17) is 0 Å². The van der Waals surface area contributed by atoms with Crippen LogP contribution in [0.5, 0.6) is 0 Å². The Hall–Kier alpha value is -1.87. The van der Waals surface area contributed by atoms with Gasteiger partial charge >= 0.3 is 0 Å². The molecule has 1 amide bonds. The fourth-order valence-electron chi connectivity index (χ4n) is 4.25. The first kappa shape index (κ1) is 15.6. The molecule has 2 aromatic rings. The van der Waals surface area contributed by atoms with Crippen LogP contribution in [0.1, 0.15) is 44.1 Å². The number of amides is 1. The zero-order valence-corrected chi connectivity index (χ0v) is 14.2. The van der Waals surface area contributed by atoms with E-state index in [1.807, 2.05) is 11.8 Å². The predicted octanol–water partition coefficient (Wildman–Crippen LogP) is 3.71. The summed E-state index contributed by atoms with van der Waals surface area (Å²) in [5.74, 6) is 0.812. The standard InChI is InChI=1S/C21H25NO2/c1-14(23)11-18-7-4-10-22(18)21(24)20-13-19(20)17-9-8-15-5-2-3-6-16(15)12-17/h2-3,5-6,8-9,12,14,18-20,23H,4,7,10-11,13H2,1H3. The molecule has 2 aliphatic rings. The van der Waals surface area contributed by atoms with Crippen molar-refractivity contribution in [3.63, 3.8) is 0 Å². The molecule has 0 bridgehead atoms. The first-order valence-corrected chi connectivity index (χ1v) is 9.11. The molecule has 1 heterocycles. The number of rotatable bonds is 4. The third-order valence-electron chi connectivity index (χ3n) is 5.58. The molecule has 24 heavy (non-hydrogen) atoms. The summed E-state index contributed by atoms with van der Waals surface area (Å²) in [4.78, 5) is 14.9. The van der Waals surface area contributed by atoms with Gasteiger partial charge in [-0.05, 0) is 54.9 Å². The van der Waals surface area contributed by atoms with Gasteiger partial charge in [-0.2, -0.15) is 0 Å². The zero-order chi connectivity index (χ0) is 16.7. The highest BCUT2D eigenvalue weighted by molar-refractivity contribution is 5.86. The first-order valence-electron chi connectivity index (χ1n) is 9.11. The largest absolute Gasteiger partial charge is 0.393 e. The minimum Gasteiger partial charge on any atom is -0.393 e. The van der Waals surface area contributed by atoms with Gasteiger partial charge in [0, 0.05) is 18.5 Å². The van der Waals surface area contributed by atoms with Crippen molar-refractivity contribution in [1.29, 1.82) is 0 Å². The average Bonchev–Trinajstić information content (AvgIpc) is 3.26. The maximum Gasteiger partial charge on any atom is 0.226 e. The number of carbonyl (C=O) groups is 1. The van der Waals surface area contributed by atoms with Crippen molar-refractivity contribution in [2.45, 2.75) is 50.7 Å². The van der Waals surface area contributed by atoms with Crippen molar-refractivity contribution in [2.75, 3.05) is 6.54 Å². The van der Waals surface area contributed by atoms with Crippen LogP contribution in [-0.4, -0.2) is 34.6 Å². The molecule has 1 saturated carbocycles. The smallest absolute Gasteiger partial charge is 0.226 e. The Bertz CT molecular complexity index is 754. The third-order valence-corrected chi connectivity index (χ3v) is 5.58. The summed E-state index contributed by atoms with van der Waals surface area (Å²) >= 11 is 0. The molecule has 0 spiro atoms. The van der Waals surface area contributed by atoms with Crippen LogP contribution in [-0.2, 0) is 4.79 Å². The number of aliphatic hydroxyl groups is 1. The van der Waals surface area contributed by atoms with Crippen LogP contribution in [0.2, 0.25) is 0 Å². The lowest BCUT2D eigenvalue weighted by atomic mass is 10.0. The first-order chi connectivity index (χ1) is 11.6. The summed E-state index contributed by atoms with van der Waals surface area (Å²) in [6.45, 7) is 2.67. The minimum absolute atomic E-state index is 0.140. The SMILES string of the molecule is CC(O)CC1CCCN1C(=O)C1CC1c1ccc2ccccc2c1. The molecule has 126 valence electrons. The molecule has 1 saturated heterocycles. The van der Waals surface area contributed by atoms with Crippen LogP contribution in [0.15, 0.2) is 42.5 Å². The quantitative estimate of drug-likeness (QED) is 0.932. The van der Waals surface area contributed by atoms with Gasteiger partial charge < -0.3 is 10.0 Å². The summed E-state index contributed by atoms with van der Waals surface area (Å²) in [6, 6.07) is 15.2. The lowest BCUT2D eigenvalue weighted by Crippen LogP contribution is -2.38. The summed E-state index contributed by atoms with van der Waals surface area (Å²) < 4.78 is 0. The molecular weight excluding hydrogens is 298 g/mol. The summed E-state index contributed by atoms with van der Waals surface area (Å²) in [5.41, 5.74) is 1.29. The molecular formula is C21H25NO2. The monoisotopic (exact) mass is 323 g/mol. The maximum atomic E-state index is 12.9. The highest BCUT2D eigenvalue weighted by Gasteiger charge is 2.47. The molecule has 4 unspecified atom stereocenters. The lowest BCUT2D eigenvalue weighted by molar-refractivity contribution is -0.133. The van der Waals surface area contributed by atoms with Crippen molar-refractivity contribution in [2.24, 2.45) is 5.92 Å². The van der Waals surface area contributed by atoms with E-state index >= 15 is 0 Å². The normalized spacial score (nSPS) is 27.4. The Morgan fingerprint density at radius 2 is 2.04 bits per heavy atom. The molecule has 1 N–H and O–H groups in total. The summed E-state index contributed by atoms with van der Waals surface area (Å²) in [5, 5.41) is 12.2. The zero-order valence-electron chi connectivity index (χ0n) is 14.2. The number of aliphatic hydroxyl groups excluding tert-OH is 1. The Labute approximate surface area is 143 Å². The summed E-state index contributed by atoms with van der Waals surface area (Å²) in [7, 11) is 0. The molecule has 2 fully saturated rings. The van der Waals surface area contributed by atoms with Gasteiger partial charge in [0.05, 0.1) is 6.10 Å². The highest BCUT2D eigenvalue weighted by Crippen LogP contribution is 2.49. The number of fused-ring (bicyclic) bond motifs is 1. The van der Waals surface area contributed by atoms with Gasteiger partial charge in [-0.25, -0.2) is 0 Å². The van der Waals surface area contributed by atoms with Crippen molar-refractivity contribution < 1.29 is 9.90 Å². The molecule has 1 aliphatic carbocycles. The van der Waals surface area contributed by atoms with Gasteiger partial charge in [-0.3, -0.25) is 4.79 Å². The van der Waals surface area contributed by atoms with Crippen molar-refractivity contribution in [3.8, 4) is 0 Å². The second kappa shape index (κ2) is 6.21. The number of hydrogen-bond donors (Lipinski definition) is 1. The number of likely N-dealkylation sites (tertiary alicyclic amines) is 1. The molecule has 4 rings (SSSR count). The van der Waals surface area contributed by atoms with Crippen molar-refractivity contribution in [1.82, 2.24) is 4.90 Å². The lowest BCUT2D eigenvalue weighted by Gasteiger charge is -2.26. The van der Waals surface area contributed by atoms with Gasteiger partial charge in [0.15, 0.2) is 0 Å². The Balaban J connectivity index is 1.47. The Kier molecular flexibility index (Phi) is 4.05. The minimum atomic E-state index is -0.334. The van der Waals surface area contributed by atoms with Crippen molar-refractivity contribution >= 4 is 16.7 Å². The van der Waals surface area contributed by atoms with Crippen LogP contribution in [0.4, 0.5) is 0 Å². The second-order valence-electron chi connectivity index (χ2n) is 7.47. The van der Waals surface area contributed by atoms with E-state index < -0.39 is 0 Å². The second-order valence-corrected chi connectivity index (χ2v) is 7.47. The van der Waals surface area contributed by atoms with Crippen LogP contribution < -0.4 is 0 Å². The van der Waals surface area contributed by atoms with Crippen LogP contribution >= 0.6 is 0 Å². The number of carbonyl (C=O) groups excluding carboxylic acids is 1. The molecule has 0 aromatic heterocycles. The summed E-state index contributed by atoms with van der Waals surface area (Å²) in [6.07, 6.45) is 3.44. The van der Waals surface area contributed by atoms with Gasteiger partial charge in [0.2, 0.25) is 5.91 Å². The Morgan fingerprint density at radius 3 is 2.83 bits per heavy atom. The van der Waals surface area contributed by atoms with Crippen LogP contribution in [0.3, 0.4) is 0 Å². The molecule has 0 radical (unpaired) electrons. The predicted molar refractivity (Wildman–Crippen MR) is 95.8 cm³/mol. The molecule has 2 aromatic carbocycles. The van der Waals surface area contributed by atoms with E-state index in [2.05, 4.69) is 42.5 Å². The average molecular weight is 323 g/mol. The molecule has 3 heteroatoms. The van der Waals surface area contributed by atoms with E-state index in [9.17, 15) is 9.90 Å². The van der Waals surface area contributed by atoms with Gasteiger partial charge in [0.25, 0.3) is 0 Å².